The highest BCUT2D eigenvalue weighted by Crippen LogP contribution is 2.65. The highest BCUT2D eigenvalue weighted by molar-refractivity contribution is 9.11. The van der Waals surface area contributed by atoms with Crippen LogP contribution in [0.15, 0.2) is 22.2 Å². The predicted molar refractivity (Wildman–Crippen MR) is 90.1 cm³/mol. The molecule has 21 heavy (non-hydrogen) atoms. The molecule has 1 nitrogen and oxygen atoms in total. The first-order valence-corrected chi connectivity index (χ1v) is 9.48. The maximum atomic E-state index is 10.0. The Morgan fingerprint density at radius 2 is 1.81 bits per heavy atom. The average molecular weight is 351 g/mol. The number of rotatable bonds is 0. The first kappa shape index (κ1) is 14.5. The third-order valence-electron chi connectivity index (χ3n) is 7.56. The molecule has 0 radical (unpaired) electrons. The second kappa shape index (κ2) is 4.71. The minimum Gasteiger partial charge on any atom is -0.393 e. The van der Waals surface area contributed by atoms with Gasteiger partial charge in [-0.2, -0.15) is 0 Å². The molecule has 0 aromatic carbocycles. The first-order chi connectivity index (χ1) is 9.95. The van der Waals surface area contributed by atoms with Crippen LogP contribution in [0, 0.1) is 28.6 Å². The van der Waals surface area contributed by atoms with Crippen molar-refractivity contribution in [3.05, 3.63) is 22.2 Å². The van der Waals surface area contributed by atoms with Crippen molar-refractivity contribution in [2.24, 2.45) is 28.6 Å². The van der Waals surface area contributed by atoms with E-state index in [2.05, 4.69) is 41.9 Å². The van der Waals surface area contributed by atoms with Gasteiger partial charge in [0, 0.05) is 5.41 Å². The van der Waals surface area contributed by atoms with Crippen molar-refractivity contribution >= 4 is 15.9 Å². The molecule has 1 N–H and O–H groups in total. The van der Waals surface area contributed by atoms with Crippen molar-refractivity contribution in [2.75, 3.05) is 0 Å². The number of aliphatic hydroxyl groups excluding tert-OH is 1. The van der Waals surface area contributed by atoms with Gasteiger partial charge in [0.25, 0.3) is 0 Å². The Balaban J connectivity index is 1.68. The van der Waals surface area contributed by atoms with Crippen LogP contribution in [0.25, 0.3) is 0 Å². The third-order valence-corrected chi connectivity index (χ3v) is 8.79. The molecule has 0 saturated heterocycles. The Morgan fingerprint density at radius 1 is 1.05 bits per heavy atom. The molecule has 0 aromatic rings. The molecule has 2 saturated carbocycles. The van der Waals surface area contributed by atoms with Crippen LogP contribution in [-0.4, -0.2) is 11.2 Å². The second-order valence-electron chi connectivity index (χ2n) is 8.40. The summed E-state index contributed by atoms with van der Waals surface area (Å²) in [6.07, 6.45) is 13.2. The number of halogens is 1. The van der Waals surface area contributed by atoms with E-state index in [-0.39, 0.29) is 6.10 Å². The Kier molecular flexibility index (Phi) is 3.25. The molecule has 4 aliphatic carbocycles. The van der Waals surface area contributed by atoms with Gasteiger partial charge in [0.1, 0.15) is 0 Å². The molecule has 0 bridgehead atoms. The van der Waals surface area contributed by atoms with Crippen LogP contribution >= 0.6 is 15.9 Å². The number of allylic oxidation sites excluding steroid dienone is 3. The second-order valence-corrected chi connectivity index (χ2v) is 9.25. The highest BCUT2D eigenvalue weighted by Gasteiger charge is 2.56. The summed E-state index contributed by atoms with van der Waals surface area (Å²) in [5, 5.41) is 10.0. The molecule has 0 aliphatic heterocycles. The van der Waals surface area contributed by atoms with Crippen molar-refractivity contribution in [1.82, 2.24) is 0 Å². The summed E-state index contributed by atoms with van der Waals surface area (Å²) < 4.78 is 1.47. The van der Waals surface area contributed by atoms with Gasteiger partial charge >= 0.3 is 0 Å². The van der Waals surface area contributed by atoms with Crippen molar-refractivity contribution in [1.29, 1.82) is 0 Å². The standard InChI is InChI=1S/C19H27BrO/c1-18-9-7-13(21)11-12(18)3-4-14-15-5-6-17(20)19(15,2)10-8-16(14)18/h3,6,13-16,21H,4-5,7-11H2,1-2H3/t13-,14?,15?,16?,18-,19-/m0/s1. The normalized spacial score (nSPS) is 52.4. The Morgan fingerprint density at radius 3 is 2.62 bits per heavy atom. The average Bonchev–Trinajstić information content (AvgIpc) is 2.76. The largest absolute Gasteiger partial charge is 0.393 e. The fraction of sp³-hybridized carbons (Fsp3) is 0.789. The minimum atomic E-state index is -0.0861. The fourth-order valence-corrected chi connectivity index (χ4v) is 6.84. The van der Waals surface area contributed by atoms with Gasteiger partial charge in [0.15, 0.2) is 0 Å². The topological polar surface area (TPSA) is 20.2 Å². The van der Waals surface area contributed by atoms with E-state index in [9.17, 15) is 5.11 Å². The molecule has 4 aliphatic rings. The van der Waals surface area contributed by atoms with Crippen LogP contribution in [0.5, 0.6) is 0 Å². The molecular formula is C19H27BrO. The van der Waals surface area contributed by atoms with Crippen molar-refractivity contribution in [2.45, 2.75) is 64.9 Å². The van der Waals surface area contributed by atoms with E-state index >= 15 is 0 Å². The maximum Gasteiger partial charge on any atom is 0.0577 e. The molecule has 0 spiro atoms. The summed E-state index contributed by atoms with van der Waals surface area (Å²) >= 11 is 3.86. The van der Waals surface area contributed by atoms with E-state index < -0.39 is 0 Å². The fourth-order valence-electron chi connectivity index (χ4n) is 6.16. The molecule has 2 heteroatoms. The molecule has 6 atom stereocenters. The van der Waals surface area contributed by atoms with Crippen molar-refractivity contribution < 1.29 is 5.11 Å². The van der Waals surface area contributed by atoms with Gasteiger partial charge in [0.2, 0.25) is 0 Å². The summed E-state index contributed by atoms with van der Waals surface area (Å²) in [4.78, 5) is 0. The summed E-state index contributed by atoms with van der Waals surface area (Å²) in [6, 6.07) is 0. The Bertz CT molecular complexity index is 522. The number of fused-ring (bicyclic) bond motifs is 5. The lowest BCUT2D eigenvalue weighted by atomic mass is 9.48. The van der Waals surface area contributed by atoms with Crippen LogP contribution in [0.3, 0.4) is 0 Å². The SMILES string of the molecule is C[C@]12CC[C@H](O)CC1=CCC1C2CC[C@]2(C)C(Br)=CCC12. The monoisotopic (exact) mass is 350 g/mol. The molecule has 4 rings (SSSR count). The zero-order valence-corrected chi connectivity index (χ0v) is 14.8. The van der Waals surface area contributed by atoms with Crippen LogP contribution in [0.1, 0.15) is 58.8 Å². The van der Waals surface area contributed by atoms with Crippen molar-refractivity contribution in [3.63, 3.8) is 0 Å². The predicted octanol–water partition coefficient (Wildman–Crippen LogP) is 5.20. The Labute approximate surface area is 137 Å². The van der Waals surface area contributed by atoms with Gasteiger partial charge in [0.05, 0.1) is 6.10 Å². The summed E-state index contributed by atoms with van der Waals surface area (Å²) in [6.45, 7) is 4.98. The molecule has 3 unspecified atom stereocenters. The lowest BCUT2D eigenvalue weighted by Crippen LogP contribution is -2.49. The Hall–Kier alpha value is -0.0800. The third kappa shape index (κ3) is 1.91. The number of hydrogen-bond donors (Lipinski definition) is 1. The van der Waals surface area contributed by atoms with Gasteiger partial charge in [-0.05, 0) is 72.6 Å². The van der Waals surface area contributed by atoms with Crippen LogP contribution in [-0.2, 0) is 0 Å². The van der Waals surface area contributed by atoms with Gasteiger partial charge in [-0.25, -0.2) is 0 Å². The van der Waals surface area contributed by atoms with Gasteiger partial charge in [-0.3, -0.25) is 0 Å². The quantitative estimate of drug-likeness (QED) is 0.595. The van der Waals surface area contributed by atoms with E-state index in [1.807, 2.05) is 0 Å². The highest BCUT2D eigenvalue weighted by atomic mass is 79.9. The van der Waals surface area contributed by atoms with E-state index in [0.29, 0.717) is 10.8 Å². The van der Waals surface area contributed by atoms with E-state index in [1.54, 1.807) is 5.57 Å². The van der Waals surface area contributed by atoms with E-state index in [4.69, 9.17) is 0 Å². The van der Waals surface area contributed by atoms with Crippen LogP contribution < -0.4 is 0 Å². The van der Waals surface area contributed by atoms with Crippen LogP contribution in [0.4, 0.5) is 0 Å². The number of hydrogen-bond acceptors (Lipinski definition) is 1. The molecular weight excluding hydrogens is 324 g/mol. The summed E-state index contributed by atoms with van der Waals surface area (Å²) in [7, 11) is 0. The first-order valence-electron chi connectivity index (χ1n) is 8.69. The smallest absolute Gasteiger partial charge is 0.0577 e. The summed E-state index contributed by atoms with van der Waals surface area (Å²) in [5.41, 5.74) is 2.35. The van der Waals surface area contributed by atoms with E-state index in [1.165, 1.54) is 36.6 Å². The zero-order valence-electron chi connectivity index (χ0n) is 13.2. The van der Waals surface area contributed by atoms with E-state index in [0.717, 1.165) is 30.6 Å². The van der Waals surface area contributed by atoms with Crippen molar-refractivity contribution in [3.8, 4) is 0 Å². The molecule has 2 fully saturated rings. The lowest BCUT2D eigenvalue weighted by molar-refractivity contribution is -0.0271. The molecule has 116 valence electrons. The molecule has 0 aromatic heterocycles. The van der Waals surface area contributed by atoms with Gasteiger partial charge in [-0.15, -0.1) is 0 Å². The molecule has 0 heterocycles. The number of aliphatic hydroxyl groups is 1. The van der Waals surface area contributed by atoms with Crippen LogP contribution in [0.2, 0.25) is 0 Å². The lowest BCUT2D eigenvalue weighted by Gasteiger charge is -2.57. The summed E-state index contributed by atoms with van der Waals surface area (Å²) in [5.74, 6) is 2.51. The van der Waals surface area contributed by atoms with Gasteiger partial charge < -0.3 is 5.11 Å². The zero-order chi connectivity index (χ0) is 14.8. The molecule has 0 amide bonds. The maximum absolute atomic E-state index is 10.0. The van der Waals surface area contributed by atoms with Gasteiger partial charge in [-0.1, -0.05) is 47.5 Å². The minimum absolute atomic E-state index is 0.0861.